The lowest BCUT2D eigenvalue weighted by Crippen LogP contribution is -2.38. The SMILES string of the molecule is COC(=O)C12CCCCC1CCC2. The standard InChI is InChI=1S/C11H18O2/c1-13-10(12)11-7-3-2-5-9(11)6-4-8-11/h9H,2-8H2,1H3. The van der Waals surface area contributed by atoms with Crippen molar-refractivity contribution in [3.8, 4) is 0 Å². The average molecular weight is 182 g/mol. The van der Waals surface area contributed by atoms with Gasteiger partial charge in [0.15, 0.2) is 0 Å². The first kappa shape index (κ1) is 9.04. The van der Waals surface area contributed by atoms with E-state index in [0.29, 0.717) is 5.92 Å². The van der Waals surface area contributed by atoms with Gasteiger partial charge in [0.1, 0.15) is 0 Å². The molecule has 0 spiro atoms. The Hall–Kier alpha value is -0.530. The summed E-state index contributed by atoms with van der Waals surface area (Å²) in [5.74, 6) is 0.698. The zero-order valence-corrected chi connectivity index (χ0v) is 8.34. The van der Waals surface area contributed by atoms with Crippen molar-refractivity contribution in [3.63, 3.8) is 0 Å². The van der Waals surface area contributed by atoms with Gasteiger partial charge in [-0.25, -0.2) is 0 Å². The fourth-order valence-electron chi connectivity index (χ4n) is 3.30. The van der Waals surface area contributed by atoms with E-state index >= 15 is 0 Å². The predicted octanol–water partition coefficient (Wildman–Crippen LogP) is 2.52. The minimum absolute atomic E-state index is 0.0625. The number of ether oxygens (including phenoxy) is 1. The van der Waals surface area contributed by atoms with Gasteiger partial charge in [0.25, 0.3) is 0 Å². The van der Waals surface area contributed by atoms with E-state index in [1.807, 2.05) is 0 Å². The molecule has 2 nitrogen and oxygen atoms in total. The number of hydrogen-bond donors (Lipinski definition) is 0. The molecule has 0 radical (unpaired) electrons. The van der Waals surface area contributed by atoms with E-state index in [4.69, 9.17) is 4.74 Å². The first-order chi connectivity index (χ1) is 6.29. The van der Waals surface area contributed by atoms with Crippen molar-refractivity contribution in [3.05, 3.63) is 0 Å². The summed E-state index contributed by atoms with van der Waals surface area (Å²) in [6.45, 7) is 0. The van der Waals surface area contributed by atoms with Gasteiger partial charge in [0, 0.05) is 0 Å². The summed E-state index contributed by atoms with van der Waals surface area (Å²) >= 11 is 0. The minimum Gasteiger partial charge on any atom is -0.469 e. The van der Waals surface area contributed by atoms with E-state index in [0.717, 1.165) is 12.8 Å². The van der Waals surface area contributed by atoms with Crippen LogP contribution in [-0.4, -0.2) is 13.1 Å². The molecule has 0 heterocycles. The van der Waals surface area contributed by atoms with Crippen LogP contribution >= 0.6 is 0 Å². The van der Waals surface area contributed by atoms with Gasteiger partial charge in [0.05, 0.1) is 12.5 Å². The van der Waals surface area contributed by atoms with Gasteiger partial charge in [-0.2, -0.15) is 0 Å². The number of fused-ring (bicyclic) bond motifs is 1. The van der Waals surface area contributed by atoms with Crippen molar-refractivity contribution in [2.75, 3.05) is 7.11 Å². The lowest BCUT2D eigenvalue weighted by Gasteiger charge is -2.36. The number of hydrogen-bond acceptors (Lipinski definition) is 2. The number of methoxy groups -OCH3 is 1. The van der Waals surface area contributed by atoms with Crippen LogP contribution in [0.3, 0.4) is 0 Å². The van der Waals surface area contributed by atoms with E-state index < -0.39 is 0 Å². The Balaban J connectivity index is 2.20. The van der Waals surface area contributed by atoms with Gasteiger partial charge in [-0.05, 0) is 31.6 Å². The Morgan fingerprint density at radius 1 is 1.23 bits per heavy atom. The Morgan fingerprint density at radius 2 is 1.92 bits per heavy atom. The second kappa shape index (κ2) is 3.32. The van der Waals surface area contributed by atoms with Crippen LogP contribution in [-0.2, 0) is 9.53 Å². The van der Waals surface area contributed by atoms with Crippen LogP contribution in [0, 0.1) is 11.3 Å². The van der Waals surface area contributed by atoms with Crippen molar-refractivity contribution in [1.29, 1.82) is 0 Å². The highest BCUT2D eigenvalue weighted by Crippen LogP contribution is 2.52. The lowest BCUT2D eigenvalue weighted by atomic mass is 9.68. The molecule has 2 saturated carbocycles. The number of carbonyl (C=O) groups is 1. The second-order valence-corrected chi connectivity index (χ2v) is 4.48. The van der Waals surface area contributed by atoms with Crippen molar-refractivity contribution >= 4 is 5.97 Å². The van der Waals surface area contributed by atoms with Crippen LogP contribution in [0.2, 0.25) is 0 Å². The van der Waals surface area contributed by atoms with Gasteiger partial charge in [0.2, 0.25) is 0 Å². The second-order valence-electron chi connectivity index (χ2n) is 4.48. The molecule has 13 heavy (non-hydrogen) atoms. The largest absolute Gasteiger partial charge is 0.469 e. The van der Waals surface area contributed by atoms with Gasteiger partial charge in [-0.3, -0.25) is 4.79 Å². The molecule has 0 bridgehead atoms. The maximum absolute atomic E-state index is 11.7. The summed E-state index contributed by atoms with van der Waals surface area (Å²) in [5, 5.41) is 0. The smallest absolute Gasteiger partial charge is 0.312 e. The van der Waals surface area contributed by atoms with E-state index in [9.17, 15) is 4.79 Å². The van der Waals surface area contributed by atoms with Crippen molar-refractivity contribution in [1.82, 2.24) is 0 Å². The molecule has 0 saturated heterocycles. The fraction of sp³-hybridized carbons (Fsp3) is 0.909. The normalized spacial score (nSPS) is 38.4. The molecule has 2 aliphatic carbocycles. The number of esters is 1. The van der Waals surface area contributed by atoms with E-state index in [-0.39, 0.29) is 11.4 Å². The van der Waals surface area contributed by atoms with Gasteiger partial charge in [-0.1, -0.05) is 19.3 Å². The molecule has 0 aromatic heterocycles. The highest BCUT2D eigenvalue weighted by Gasteiger charge is 2.50. The lowest BCUT2D eigenvalue weighted by molar-refractivity contribution is -0.157. The Labute approximate surface area is 79.7 Å². The van der Waals surface area contributed by atoms with Crippen LogP contribution in [0.15, 0.2) is 0 Å². The third kappa shape index (κ3) is 1.27. The molecule has 0 aromatic rings. The van der Waals surface area contributed by atoms with Crippen LogP contribution < -0.4 is 0 Å². The van der Waals surface area contributed by atoms with Crippen molar-refractivity contribution < 1.29 is 9.53 Å². The topological polar surface area (TPSA) is 26.3 Å². The summed E-state index contributed by atoms with van der Waals surface area (Å²) in [4.78, 5) is 11.7. The quantitative estimate of drug-likeness (QED) is 0.582. The van der Waals surface area contributed by atoms with Crippen LogP contribution in [0.25, 0.3) is 0 Å². The summed E-state index contributed by atoms with van der Waals surface area (Å²) in [6, 6.07) is 0. The maximum atomic E-state index is 11.7. The van der Waals surface area contributed by atoms with Crippen LogP contribution in [0.1, 0.15) is 44.9 Å². The minimum atomic E-state index is -0.0625. The molecular formula is C11H18O2. The molecule has 2 aliphatic rings. The molecule has 2 unspecified atom stereocenters. The highest BCUT2D eigenvalue weighted by atomic mass is 16.5. The average Bonchev–Trinajstić information content (AvgIpc) is 2.61. The summed E-state index contributed by atoms with van der Waals surface area (Å²) in [6.07, 6.45) is 8.38. The van der Waals surface area contributed by atoms with Gasteiger partial charge < -0.3 is 4.74 Å². The molecule has 0 aliphatic heterocycles. The molecule has 2 fully saturated rings. The monoisotopic (exact) mass is 182 g/mol. The predicted molar refractivity (Wildman–Crippen MR) is 50.3 cm³/mol. The van der Waals surface area contributed by atoms with Crippen LogP contribution in [0.5, 0.6) is 0 Å². The molecule has 0 amide bonds. The van der Waals surface area contributed by atoms with E-state index in [1.54, 1.807) is 0 Å². The first-order valence-electron chi connectivity index (χ1n) is 5.38. The molecule has 74 valence electrons. The van der Waals surface area contributed by atoms with Gasteiger partial charge >= 0.3 is 5.97 Å². The molecule has 0 aromatic carbocycles. The van der Waals surface area contributed by atoms with E-state index in [1.165, 1.54) is 39.2 Å². The first-order valence-corrected chi connectivity index (χ1v) is 5.38. The van der Waals surface area contributed by atoms with E-state index in [2.05, 4.69) is 0 Å². The Kier molecular flexibility index (Phi) is 2.31. The number of carbonyl (C=O) groups excluding carboxylic acids is 1. The Morgan fingerprint density at radius 3 is 2.69 bits per heavy atom. The van der Waals surface area contributed by atoms with Gasteiger partial charge in [-0.15, -0.1) is 0 Å². The molecular weight excluding hydrogens is 164 g/mol. The van der Waals surface area contributed by atoms with Crippen molar-refractivity contribution in [2.45, 2.75) is 44.9 Å². The fourth-order valence-corrected chi connectivity index (χ4v) is 3.30. The zero-order chi connectivity index (χ0) is 9.31. The van der Waals surface area contributed by atoms with Crippen molar-refractivity contribution in [2.24, 2.45) is 11.3 Å². The zero-order valence-electron chi connectivity index (χ0n) is 8.34. The molecule has 2 atom stereocenters. The Bertz CT molecular complexity index is 212. The third-order valence-corrected chi connectivity index (χ3v) is 3.97. The maximum Gasteiger partial charge on any atom is 0.312 e. The summed E-state index contributed by atoms with van der Waals surface area (Å²) in [7, 11) is 1.53. The molecule has 2 heteroatoms. The third-order valence-electron chi connectivity index (χ3n) is 3.97. The highest BCUT2D eigenvalue weighted by molar-refractivity contribution is 5.77. The van der Waals surface area contributed by atoms with Crippen LogP contribution in [0.4, 0.5) is 0 Å². The summed E-state index contributed by atoms with van der Waals surface area (Å²) < 4.78 is 4.96. The summed E-state index contributed by atoms with van der Waals surface area (Å²) in [5.41, 5.74) is -0.0625. The number of rotatable bonds is 1. The molecule has 0 N–H and O–H groups in total. The molecule has 2 rings (SSSR count).